The first-order chi connectivity index (χ1) is 21.8. The summed E-state index contributed by atoms with van der Waals surface area (Å²) < 4.78 is 2.82. The Morgan fingerprint density at radius 1 is 0.432 bits per heavy atom. The Hall–Kier alpha value is -3.86. The van der Waals surface area contributed by atoms with Crippen molar-refractivity contribution in [3.63, 3.8) is 0 Å². The van der Waals surface area contributed by atoms with Crippen LogP contribution in [0.1, 0.15) is 35.3 Å². The largest absolute Gasteiger partial charge is 0.254 e. The van der Waals surface area contributed by atoms with Crippen molar-refractivity contribution in [3.05, 3.63) is 181 Å². The van der Waals surface area contributed by atoms with E-state index >= 15 is 0 Å². The maximum absolute atomic E-state index is 2.82. The predicted molar refractivity (Wildman–Crippen MR) is 192 cm³/mol. The highest BCUT2D eigenvalue weighted by molar-refractivity contribution is 7.79. The zero-order valence-corrected chi connectivity index (χ0v) is 26.9. The molecular formula is C41H37NP2. The molecule has 6 aromatic carbocycles. The highest BCUT2D eigenvalue weighted by Gasteiger charge is 2.42. The second-order valence-electron chi connectivity index (χ2n) is 11.4. The van der Waals surface area contributed by atoms with E-state index in [0.717, 1.165) is 0 Å². The molecule has 0 unspecified atom stereocenters. The van der Waals surface area contributed by atoms with Crippen molar-refractivity contribution in [3.8, 4) is 22.3 Å². The van der Waals surface area contributed by atoms with E-state index in [1.807, 2.05) is 0 Å². The van der Waals surface area contributed by atoms with Crippen molar-refractivity contribution < 1.29 is 0 Å². The van der Waals surface area contributed by atoms with Gasteiger partial charge in [0, 0.05) is 19.4 Å². The van der Waals surface area contributed by atoms with Crippen molar-refractivity contribution in [1.29, 1.82) is 0 Å². The van der Waals surface area contributed by atoms with Gasteiger partial charge in [0.25, 0.3) is 0 Å². The number of rotatable bonds is 8. The molecule has 216 valence electrons. The van der Waals surface area contributed by atoms with Crippen molar-refractivity contribution in [1.82, 2.24) is 4.44 Å². The molecule has 1 aliphatic heterocycles. The first-order valence-electron chi connectivity index (χ1n) is 15.5. The molecule has 1 heterocycles. The maximum atomic E-state index is 2.82. The molecule has 0 radical (unpaired) electrons. The number of hydrogen-bond donors (Lipinski definition) is 0. The van der Waals surface area contributed by atoms with E-state index in [2.05, 4.69) is 181 Å². The summed E-state index contributed by atoms with van der Waals surface area (Å²) in [5.41, 5.74) is 9.10. The van der Waals surface area contributed by atoms with Gasteiger partial charge in [-0.3, -0.25) is 4.44 Å². The minimum Gasteiger partial charge on any atom is -0.254 e. The molecule has 44 heavy (non-hydrogen) atoms. The zero-order chi connectivity index (χ0) is 29.7. The monoisotopic (exact) mass is 605 g/mol. The van der Waals surface area contributed by atoms with Crippen LogP contribution in [0.15, 0.2) is 170 Å². The van der Waals surface area contributed by atoms with Gasteiger partial charge in [-0.25, -0.2) is 0 Å². The number of benzene rings is 6. The summed E-state index contributed by atoms with van der Waals surface area (Å²) in [5, 5.41) is 2.81. The average Bonchev–Trinajstić information content (AvgIpc) is 3.56. The summed E-state index contributed by atoms with van der Waals surface area (Å²) in [7, 11) is 1.15. The molecule has 1 aliphatic rings. The molecule has 6 aromatic rings. The minimum atomic E-state index is -0.758. The molecule has 1 fully saturated rings. The molecule has 7 rings (SSSR count). The maximum Gasteiger partial charge on any atom is 0.0315 e. The quantitative estimate of drug-likeness (QED) is 0.156. The van der Waals surface area contributed by atoms with Crippen molar-refractivity contribution in [2.75, 3.05) is 7.05 Å². The lowest BCUT2D eigenvalue weighted by Crippen LogP contribution is -2.24. The fraction of sp³-hybridized carbons (Fsp3) is 0.122. The van der Waals surface area contributed by atoms with Crippen LogP contribution >= 0.6 is 16.1 Å². The topological polar surface area (TPSA) is 3.24 Å². The van der Waals surface area contributed by atoms with Gasteiger partial charge in [-0.1, -0.05) is 170 Å². The first kappa shape index (κ1) is 28.9. The SMILES string of the molecule is CN(P(c1ccc(-c2ccccc2)cc1)c1ccc(-c2ccccc2)cc1)P1[C@H](c2ccccc2)CC[C@H]1c1ccccc1. The van der Waals surface area contributed by atoms with Crippen molar-refractivity contribution >= 4 is 26.8 Å². The first-order valence-corrected chi connectivity index (χ1v) is 18.2. The van der Waals surface area contributed by atoms with Crippen LogP contribution in [0, 0.1) is 0 Å². The lowest BCUT2D eigenvalue weighted by molar-refractivity contribution is 0.765. The highest BCUT2D eigenvalue weighted by Crippen LogP contribution is 2.75. The minimum absolute atomic E-state index is 0.513. The molecule has 1 nitrogen and oxygen atoms in total. The van der Waals surface area contributed by atoms with Crippen LogP contribution in [0.25, 0.3) is 22.3 Å². The normalized spacial score (nSPS) is 16.9. The van der Waals surface area contributed by atoms with Gasteiger partial charge < -0.3 is 0 Å². The molecular weight excluding hydrogens is 568 g/mol. The van der Waals surface area contributed by atoms with E-state index in [-0.39, 0.29) is 0 Å². The fourth-order valence-corrected chi connectivity index (χ4v) is 13.7. The Morgan fingerprint density at radius 3 is 1.11 bits per heavy atom. The van der Waals surface area contributed by atoms with Crippen LogP contribution in [-0.4, -0.2) is 11.5 Å². The summed E-state index contributed by atoms with van der Waals surface area (Å²) in [5.74, 6) is 0. The summed E-state index contributed by atoms with van der Waals surface area (Å²) >= 11 is 0. The van der Waals surface area contributed by atoms with E-state index in [0.29, 0.717) is 11.3 Å². The zero-order valence-electron chi connectivity index (χ0n) is 25.1. The molecule has 3 heteroatoms. The van der Waals surface area contributed by atoms with Gasteiger partial charge in [-0.05, 0) is 72.0 Å². The van der Waals surface area contributed by atoms with Gasteiger partial charge in [-0.15, -0.1) is 0 Å². The van der Waals surface area contributed by atoms with Gasteiger partial charge in [0.2, 0.25) is 0 Å². The van der Waals surface area contributed by atoms with Gasteiger partial charge in [0.1, 0.15) is 0 Å². The molecule has 0 bridgehead atoms. The fourth-order valence-electron chi connectivity index (χ4n) is 6.63. The Bertz CT molecular complexity index is 1630. The van der Waals surface area contributed by atoms with Crippen LogP contribution in [0.5, 0.6) is 0 Å². The second-order valence-corrected chi connectivity index (χ2v) is 16.6. The number of hydrogen-bond acceptors (Lipinski definition) is 1. The predicted octanol–water partition coefficient (Wildman–Crippen LogP) is 11.0. The van der Waals surface area contributed by atoms with Gasteiger partial charge in [0.05, 0.1) is 0 Å². The lowest BCUT2D eigenvalue weighted by Gasteiger charge is -2.40. The van der Waals surface area contributed by atoms with Crippen LogP contribution in [0.2, 0.25) is 0 Å². The van der Waals surface area contributed by atoms with Crippen LogP contribution in [-0.2, 0) is 0 Å². The molecule has 0 N–H and O–H groups in total. The van der Waals surface area contributed by atoms with Crippen LogP contribution < -0.4 is 10.6 Å². The smallest absolute Gasteiger partial charge is 0.0315 e. The van der Waals surface area contributed by atoms with Gasteiger partial charge >= 0.3 is 0 Å². The molecule has 0 amide bonds. The number of nitrogens with zero attached hydrogens (tertiary/aromatic N) is 1. The summed E-state index contributed by atoms with van der Waals surface area (Å²) in [4.78, 5) is 0. The summed E-state index contributed by atoms with van der Waals surface area (Å²) in [6.07, 6.45) is 2.45. The summed E-state index contributed by atoms with van der Waals surface area (Å²) in [6.45, 7) is 0. The van der Waals surface area contributed by atoms with Gasteiger partial charge in [-0.2, -0.15) is 0 Å². The Morgan fingerprint density at radius 2 is 0.750 bits per heavy atom. The molecule has 0 spiro atoms. The van der Waals surface area contributed by atoms with Crippen LogP contribution in [0.4, 0.5) is 0 Å². The third-order valence-electron chi connectivity index (χ3n) is 8.78. The molecule has 0 saturated carbocycles. The highest BCUT2D eigenvalue weighted by atomic mass is 31.2. The van der Waals surface area contributed by atoms with Crippen molar-refractivity contribution in [2.24, 2.45) is 0 Å². The lowest BCUT2D eigenvalue weighted by atomic mass is 10.0. The Balaban J connectivity index is 1.31. The van der Waals surface area contributed by atoms with E-state index in [9.17, 15) is 0 Å². The Kier molecular flexibility index (Phi) is 8.81. The van der Waals surface area contributed by atoms with Crippen LogP contribution in [0.3, 0.4) is 0 Å². The third kappa shape index (κ3) is 6.06. The van der Waals surface area contributed by atoms with E-state index in [1.54, 1.807) is 0 Å². The standard InChI is InChI=1S/C41H37NP2/c1-42(44-40(36-18-10-4-11-19-36)30-31-41(44)37-20-12-5-13-21-37)43(38-26-22-34(23-27-38)32-14-6-2-7-15-32)39-28-24-35(25-29-39)33-16-8-3-9-17-33/h2-29,40-41H,30-31H2,1H3/t40-,41-/m0/s1. The average molecular weight is 606 g/mol. The third-order valence-corrected chi connectivity index (χ3v) is 15.2. The molecule has 0 aromatic heterocycles. The molecule has 2 atom stereocenters. The molecule has 1 saturated heterocycles. The molecule has 0 aliphatic carbocycles. The Labute approximate surface area is 264 Å². The van der Waals surface area contributed by atoms with Crippen molar-refractivity contribution in [2.45, 2.75) is 24.2 Å². The second kappa shape index (κ2) is 13.4. The van der Waals surface area contributed by atoms with E-state index < -0.39 is 16.1 Å². The van der Waals surface area contributed by atoms with E-state index in [4.69, 9.17) is 0 Å². The van der Waals surface area contributed by atoms with E-state index in [1.165, 1.54) is 56.8 Å². The summed E-state index contributed by atoms with van der Waals surface area (Å²) in [6, 6.07) is 62.8. The van der Waals surface area contributed by atoms with Gasteiger partial charge in [0.15, 0.2) is 0 Å².